The third kappa shape index (κ3) is 3.86. The van der Waals surface area contributed by atoms with Gasteiger partial charge in [0.05, 0.1) is 0 Å². The zero-order chi connectivity index (χ0) is 13.7. The van der Waals surface area contributed by atoms with Crippen LogP contribution in [-0.4, -0.2) is 11.1 Å². The Morgan fingerprint density at radius 3 is 2.68 bits per heavy atom. The molecule has 19 heavy (non-hydrogen) atoms. The summed E-state index contributed by atoms with van der Waals surface area (Å²) in [6, 6.07) is 14.2. The predicted octanol–water partition coefficient (Wildman–Crippen LogP) is 4.23. The largest absolute Gasteiger partial charge is 0.478 e. The lowest BCUT2D eigenvalue weighted by Gasteiger charge is -2.08. The van der Waals surface area contributed by atoms with Crippen LogP contribution in [0.5, 0.6) is 11.5 Å². The van der Waals surface area contributed by atoms with Gasteiger partial charge in [0.1, 0.15) is 11.5 Å². The minimum absolute atomic E-state index is 0.572. The van der Waals surface area contributed by atoms with Crippen molar-refractivity contribution in [1.29, 1.82) is 0 Å². The highest BCUT2D eigenvalue weighted by atomic mass is 35.5. The van der Waals surface area contributed by atoms with Gasteiger partial charge in [-0.3, -0.25) is 0 Å². The lowest BCUT2D eigenvalue weighted by molar-refractivity contribution is -0.131. The molecule has 0 amide bonds. The standard InChI is InChI=1S/C15H11ClO3/c16-12-5-3-6-13(10-12)19-14-7-2-1-4-11(14)8-9-15(17)18/h1-10H,(H,17,18). The summed E-state index contributed by atoms with van der Waals surface area (Å²) in [5.74, 6) is 0.170. The van der Waals surface area contributed by atoms with Gasteiger partial charge in [0.25, 0.3) is 0 Å². The first kappa shape index (κ1) is 13.2. The Hall–Kier alpha value is -2.26. The van der Waals surface area contributed by atoms with E-state index in [-0.39, 0.29) is 0 Å². The zero-order valence-corrected chi connectivity index (χ0v) is 10.7. The van der Waals surface area contributed by atoms with Crippen molar-refractivity contribution in [1.82, 2.24) is 0 Å². The molecule has 0 radical (unpaired) electrons. The number of carboxylic acids is 1. The van der Waals surface area contributed by atoms with Gasteiger partial charge in [-0.15, -0.1) is 0 Å². The van der Waals surface area contributed by atoms with Gasteiger partial charge in [-0.25, -0.2) is 4.79 Å². The fourth-order valence-corrected chi connectivity index (χ4v) is 1.71. The van der Waals surface area contributed by atoms with E-state index >= 15 is 0 Å². The smallest absolute Gasteiger partial charge is 0.328 e. The molecule has 3 nitrogen and oxygen atoms in total. The number of para-hydroxylation sites is 1. The molecular formula is C15H11ClO3. The van der Waals surface area contributed by atoms with Crippen LogP contribution in [0.2, 0.25) is 5.02 Å². The summed E-state index contributed by atoms with van der Waals surface area (Å²) in [5, 5.41) is 9.23. The average molecular weight is 275 g/mol. The van der Waals surface area contributed by atoms with Crippen molar-refractivity contribution in [3.8, 4) is 11.5 Å². The molecule has 0 heterocycles. The molecule has 0 saturated heterocycles. The molecule has 0 fully saturated rings. The van der Waals surface area contributed by atoms with Crippen molar-refractivity contribution in [3.63, 3.8) is 0 Å². The zero-order valence-electron chi connectivity index (χ0n) is 9.92. The topological polar surface area (TPSA) is 46.5 Å². The molecule has 0 bridgehead atoms. The molecule has 0 spiro atoms. The molecule has 2 aromatic rings. The summed E-state index contributed by atoms with van der Waals surface area (Å²) < 4.78 is 5.69. The van der Waals surface area contributed by atoms with E-state index in [9.17, 15) is 4.79 Å². The second kappa shape index (κ2) is 6.07. The van der Waals surface area contributed by atoms with Crippen LogP contribution in [0.4, 0.5) is 0 Å². The van der Waals surface area contributed by atoms with E-state index in [0.717, 1.165) is 6.08 Å². The van der Waals surface area contributed by atoms with Crippen LogP contribution in [0.3, 0.4) is 0 Å². The Morgan fingerprint density at radius 1 is 1.16 bits per heavy atom. The first-order chi connectivity index (χ1) is 9.15. The molecule has 0 aliphatic heterocycles. The Morgan fingerprint density at radius 2 is 1.95 bits per heavy atom. The van der Waals surface area contributed by atoms with Crippen molar-refractivity contribution in [3.05, 3.63) is 65.2 Å². The van der Waals surface area contributed by atoms with Gasteiger partial charge in [-0.2, -0.15) is 0 Å². The highest BCUT2D eigenvalue weighted by Crippen LogP contribution is 2.27. The Kier molecular flexibility index (Phi) is 4.21. The Bertz CT molecular complexity index is 620. The molecule has 0 aromatic heterocycles. The number of hydrogen-bond donors (Lipinski definition) is 1. The fraction of sp³-hybridized carbons (Fsp3) is 0. The van der Waals surface area contributed by atoms with Crippen molar-refractivity contribution >= 4 is 23.6 Å². The van der Waals surface area contributed by atoms with Gasteiger partial charge in [0.2, 0.25) is 0 Å². The molecule has 0 saturated carbocycles. The second-order valence-electron chi connectivity index (χ2n) is 3.77. The number of ether oxygens (including phenoxy) is 1. The lowest BCUT2D eigenvalue weighted by Crippen LogP contribution is -1.89. The normalized spacial score (nSPS) is 10.6. The molecule has 2 rings (SSSR count). The molecule has 0 unspecified atom stereocenters. The van der Waals surface area contributed by atoms with Crippen LogP contribution < -0.4 is 4.74 Å². The molecule has 1 N–H and O–H groups in total. The maximum atomic E-state index is 10.5. The number of hydrogen-bond acceptors (Lipinski definition) is 2. The number of carboxylic acid groups (broad SMARTS) is 1. The summed E-state index contributed by atoms with van der Waals surface area (Å²) in [4.78, 5) is 10.5. The Labute approximate surface area is 115 Å². The van der Waals surface area contributed by atoms with Crippen LogP contribution >= 0.6 is 11.6 Å². The Balaban J connectivity index is 2.27. The summed E-state index contributed by atoms with van der Waals surface area (Å²) >= 11 is 5.88. The lowest BCUT2D eigenvalue weighted by atomic mass is 10.2. The second-order valence-corrected chi connectivity index (χ2v) is 4.21. The van der Waals surface area contributed by atoms with Gasteiger partial charge in [-0.05, 0) is 30.3 Å². The summed E-state index contributed by atoms with van der Waals surface area (Å²) in [5.41, 5.74) is 0.685. The maximum Gasteiger partial charge on any atom is 0.328 e. The molecule has 96 valence electrons. The number of rotatable bonds is 4. The minimum atomic E-state index is -1.00. The molecule has 0 atom stereocenters. The van der Waals surface area contributed by atoms with Gasteiger partial charge in [0.15, 0.2) is 0 Å². The van der Waals surface area contributed by atoms with Crippen LogP contribution in [0.15, 0.2) is 54.6 Å². The summed E-state index contributed by atoms with van der Waals surface area (Å²) in [7, 11) is 0. The van der Waals surface area contributed by atoms with Crippen LogP contribution in [0.25, 0.3) is 6.08 Å². The third-order valence-corrected chi connectivity index (χ3v) is 2.58. The van der Waals surface area contributed by atoms with Crippen LogP contribution in [0, 0.1) is 0 Å². The fourth-order valence-electron chi connectivity index (χ4n) is 1.53. The van der Waals surface area contributed by atoms with E-state index < -0.39 is 5.97 Å². The van der Waals surface area contributed by atoms with Gasteiger partial charge < -0.3 is 9.84 Å². The van der Waals surface area contributed by atoms with Crippen molar-refractivity contribution in [2.75, 3.05) is 0 Å². The monoisotopic (exact) mass is 274 g/mol. The number of carbonyl (C=O) groups is 1. The quantitative estimate of drug-likeness (QED) is 0.849. The van der Waals surface area contributed by atoms with E-state index in [1.165, 1.54) is 6.08 Å². The number of aliphatic carboxylic acids is 1. The summed E-state index contributed by atoms with van der Waals surface area (Å²) in [6.45, 7) is 0. The predicted molar refractivity (Wildman–Crippen MR) is 74.6 cm³/mol. The first-order valence-corrected chi connectivity index (χ1v) is 5.96. The molecule has 4 heteroatoms. The molecular weight excluding hydrogens is 264 g/mol. The van der Waals surface area contributed by atoms with E-state index in [4.69, 9.17) is 21.4 Å². The van der Waals surface area contributed by atoms with E-state index in [0.29, 0.717) is 22.1 Å². The highest BCUT2D eigenvalue weighted by molar-refractivity contribution is 6.30. The van der Waals surface area contributed by atoms with E-state index in [1.54, 1.807) is 36.4 Å². The van der Waals surface area contributed by atoms with Crippen LogP contribution in [-0.2, 0) is 4.79 Å². The molecule has 0 aliphatic carbocycles. The molecule has 0 aliphatic rings. The maximum absolute atomic E-state index is 10.5. The van der Waals surface area contributed by atoms with Gasteiger partial charge in [0, 0.05) is 16.7 Å². The highest BCUT2D eigenvalue weighted by Gasteiger charge is 2.02. The van der Waals surface area contributed by atoms with Crippen molar-refractivity contribution < 1.29 is 14.6 Å². The average Bonchev–Trinajstić information content (AvgIpc) is 2.38. The molecule has 2 aromatic carbocycles. The third-order valence-electron chi connectivity index (χ3n) is 2.35. The number of halogens is 1. The SMILES string of the molecule is O=C(O)C=Cc1ccccc1Oc1cccc(Cl)c1. The van der Waals surface area contributed by atoms with Crippen molar-refractivity contribution in [2.45, 2.75) is 0 Å². The minimum Gasteiger partial charge on any atom is -0.478 e. The first-order valence-electron chi connectivity index (χ1n) is 5.58. The van der Waals surface area contributed by atoms with Crippen LogP contribution in [0.1, 0.15) is 5.56 Å². The van der Waals surface area contributed by atoms with Gasteiger partial charge in [-0.1, -0.05) is 35.9 Å². The van der Waals surface area contributed by atoms with E-state index in [2.05, 4.69) is 0 Å². The van der Waals surface area contributed by atoms with Gasteiger partial charge >= 0.3 is 5.97 Å². The summed E-state index contributed by atoms with van der Waals surface area (Å²) in [6.07, 6.45) is 2.56. The van der Waals surface area contributed by atoms with Crippen molar-refractivity contribution in [2.24, 2.45) is 0 Å². The number of benzene rings is 2. The van der Waals surface area contributed by atoms with E-state index in [1.807, 2.05) is 12.1 Å².